The predicted octanol–water partition coefficient (Wildman–Crippen LogP) is 5.38. The third kappa shape index (κ3) is 3.62. The molecule has 150 valence electrons. The SMILES string of the molecule is O=[N+]([O-])c1c(Nc2cccc3ncccc23)ncnc1Sc1cccc2cccnc12. The zero-order valence-corrected chi connectivity index (χ0v) is 16.8. The van der Waals surface area contributed by atoms with Crippen molar-refractivity contribution in [1.82, 2.24) is 19.9 Å². The van der Waals surface area contributed by atoms with Crippen molar-refractivity contribution in [3.8, 4) is 0 Å². The summed E-state index contributed by atoms with van der Waals surface area (Å²) < 4.78 is 0. The van der Waals surface area contributed by atoms with E-state index in [1.807, 2.05) is 60.7 Å². The van der Waals surface area contributed by atoms with Crippen LogP contribution in [0.5, 0.6) is 0 Å². The molecule has 31 heavy (non-hydrogen) atoms. The van der Waals surface area contributed by atoms with Crippen molar-refractivity contribution in [1.29, 1.82) is 0 Å². The van der Waals surface area contributed by atoms with Gasteiger partial charge in [0.25, 0.3) is 0 Å². The maximum Gasteiger partial charge on any atom is 0.343 e. The summed E-state index contributed by atoms with van der Waals surface area (Å²) in [6.07, 6.45) is 4.72. The smallest absolute Gasteiger partial charge is 0.334 e. The topological polar surface area (TPSA) is 107 Å². The molecular weight excluding hydrogens is 412 g/mol. The van der Waals surface area contributed by atoms with Crippen LogP contribution in [0.25, 0.3) is 21.8 Å². The van der Waals surface area contributed by atoms with Crippen LogP contribution in [0.4, 0.5) is 17.2 Å². The average Bonchev–Trinajstić information content (AvgIpc) is 2.79. The molecule has 0 amide bonds. The second-order valence-electron chi connectivity index (χ2n) is 6.57. The summed E-state index contributed by atoms with van der Waals surface area (Å²) >= 11 is 1.19. The molecule has 2 aromatic carbocycles. The molecule has 8 nitrogen and oxygen atoms in total. The van der Waals surface area contributed by atoms with Gasteiger partial charge in [-0.1, -0.05) is 36.0 Å². The first-order valence-electron chi connectivity index (χ1n) is 9.32. The first-order chi connectivity index (χ1) is 15.2. The van der Waals surface area contributed by atoms with Crippen molar-refractivity contribution >= 4 is 50.8 Å². The second-order valence-corrected chi connectivity index (χ2v) is 7.60. The number of hydrogen-bond donors (Lipinski definition) is 1. The van der Waals surface area contributed by atoms with Crippen LogP contribution in [0.1, 0.15) is 0 Å². The average molecular weight is 426 g/mol. The first-order valence-corrected chi connectivity index (χ1v) is 10.1. The monoisotopic (exact) mass is 426 g/mol. The minimum atomic E-state index is -0.466. The Morgan fingerprint density at radius 1 is 0.871 bits per heavy atom. The van der Waals surface area contributed by atoms with Gasteiger partial charge in [-0.05, 0) is 36.4 Å². The molecule has 5 aromatic rings. The van der Waals surface area contributed by atoms with Crippen LogP contribution in [0, 0.1) is 10.1 Å². The lowest BCUT2D eigenvalue weighted by Crippen LogP contribution is -2.03. The summed E-state index contributed by atoms with van der Waals surface area (Å²) in [6.45, 7) is 0. The van der Waals surface area contributed by atoms with Gasteiger partial charge < -0.3 is 5.32 Å². The number of nitrogens with one attached hydrogen (secondary N) is 1. The van der Waals surface area contributed by atoms with Crippen molar-refractivity contribution in [3.63, 3.8) is 0 Å². The van der Waals surface area contributed by atoms with Gasteiger partial charge in [-0.2, -0.15) is 0 Å². The number of benzene rings is 2. The highest BCUT2D eigenvalue weighted by Crippen LogP contribution is 2.40. The van der Waals surface area contributed by atoms with Gasteiger partial charge in [0.2, 0.25) is 5.82 Å². The lowest BCUT2D eigenvalue weighted by molar-refractivity contribution is -0.387. The molecule has 0 saturated carbocycles. The zero-order valence-electron chi connectivity index (χ0n) is 16.0. The van der Waals surface area contributed by atoms with E-state index >= 15 is 0 Å². The van der Waals surface area contributed by atoms with E-state index in [1.165, 1.54) is 18.1 Å². The normalized spacial score (nSPS) is 11.0. The number of hydrogen-bond acceptors (Lipinski definition) is 8. The lowest BCUT2D eigenvalue weighted by atomic mass is 10.2. The van der Waals surface area contributed by atoms with Crippen LogP contribution in [0.15, 0.2) is 89.3 Å². The molecule has 0 aliphatic rings. The number of rotatable bonds is 5. The molecule has 0 bridgehead atoms. The highest BCUT2D eigenvalue weighted by Gasteiger charge is 2.25. The quantitative estimate of drug-likeness (QED) is 0.227. The standard InChI is InChI=1S/C22H14N6O2S/c29-28(30)20-21(27-17-9-2-8-16-15(17)7-4-11-23-16)25-13-26-22(20)31-18-10-1-5-14-6-3-12-24-19(14)18/h1-13H,(H,25,26,27). The Kier molecular flexibility index (Phi) is 4.85. The Hall–Kier alpha value is -4.11. The number of fused-ring (bicyclic) bond motifs is 2. The fraction of sp³-hybridized carbons (Fsp3) is 0. The summed E-state index contributed by atoms with van der Waals surface area (Å²) in [4.78, 5) is 29.4. The molecule has 0 spiro atoms. The molecule has 0 aliphatic carbocycles. The fourth-order valence-corrected chi connectivity index (χ4v) is 4.29. The van der Waals surface area contributed by atoms with E-state index in [1.54, 1.807) is 12.4 Å². The number of anilines is 2. The molecule has 9 heteroatoms. The molecule has 1 N–H and O–H groups in total. The summed E-state index contributed by atoms with van der Waals surface area (Å²) in [7, 11) is 0. The summed E-state index contributed by atoms with van der Waals surface area (Å²) in [5, 5.41) is 17.1. The summed E-state index contributed by atoms with van der Waals surface area (Å²) in [5.41, 5.74) is 2.02. The number of nitro groups is 1. The Balaban J connectivity index is 1.59. The van der Waals surface area contributed by atoms with E-state index < -0.39 is 4.92 Å². The second kappa shape index (κ2) is 7.96. The zero-order chi connectivity index (χ0) is 21.2. The maximum atomic E-state index is 12.0. The predicted molar refractivity (Wildman–Crippen MR) is 120 cm³/mol. The van der Waals surface area contributed by atoms with Crippen molar-refractivity contribution in [2.45, 2.75) is 9.92 Å². The van der Waals surface area contributed by atoms with Crippen molar-refractivity contribution in [2.75, 3.05) is 5.32 Å². The van der Waals surface area contributed by atoms with Gasteiger partial charge in [0.05, 0.1) is 16.0 Å². The first kappa shape index (κ1) is 18.9. The van der Waals surface area contributed by atoms with Crippen LogP contribution in [-0.4, -0.2) is 24.9 Å². The molecular formula is C22H14N6O2S. The maximum absolute atomic E-state index is 12.0. The molecule has 3 heterocycles. The van der Waals surface area contributed by atoms with Gasteiger partial charge in [-0.25, -0.2) is 9.97 Å². The van der Waals surface area contributed by atoms with Crippen molar-refractivity contribution < 1.29 is 4.92 Å². The Morgan fingerprint density at radius 3 is 2.58 bits per heavy atom. The Bertz CT molecular complexity index is 1330. The van der Waals surface area contributed by atoms with Gasteiger partial charge >= 0.3 is 5.69 Å². The lowest BCUT2D eigenvalue weighted by Gasteiger charge is -2.11. The highest BCUT2D eigenvalue weighted by atomic mass is 32.2. The number of aromatic nitrogens is 4. The molecule has 3 aromatic heterocycles. The molecule has 0 atom stereocenters. The Morgan fingerprint density at radius 2 is 1.68 bits per heavy atom. The highest BCUT2D eigenvalue weighted by molar-refractivity contribution is 7.99. The van der Waals surface area contributed by atoms with Crippen LogP contribution in [0.2, 0.25) is 0 Å². The van der Waals surface area contributed by atoms with Crippen molar-refractivity contribution in [2.24, 2.45) is 0 Å². The molecule has 0 aliphatic heterocycles. The van der Waals surface area contributed by atoms with Crippen molar-refractivity contribution in [3.05, 3.63) is 89.5 Å². The Labute approximate surface area is 180 Å². The number of para-hydroxylation sites is 1. The molecule has 0 saturated heterocycles. The third-order valence-corrected chi connectivity index (χ3v) is 5.71. The minimum absolute atomic E-state index is 0.118. The number of nitrogens with zero attached hydrogens (tertiary/aromatic N) is 5. The van der Waals surface area contributed by atoms with E-state index in [9.17, 15) is 10.1 Å². The number of pyridine rings is 2. The van der Waals surface area contributed by atoms with Crippen LogP contribution < -0.4 is 5.32 Å². The van der Waals surface area contributed by atoms with E-state index in [0.717, 1.165) is 26.7 Å². The molecule has 0 fully saturated rings. The van der Waals surface area contributed by atoms with Gasteiger partial charge in [0.1, 0.15) is 6.33 Å². The van der Waals surface area contributed by atoms with Crippen LogP contribution in [0.3, 0.4) is 0 Å². The molecule has 0 radical (unpaired) electrons. The van der Waals surface area contributed by atoms with Crippen LogP contribution in [-0.2, 0) is 0 Å². The van der Waals surface area contributed by atoms with E-state index in [2.05, 4.69) is 25.3 Å². The summed E-state index contributed by atoms with van der Waals surface area (Å²) in [5.74, 6) is 0.118. The van der Waals surface area contributed by atoms with Crippen LogP contribution >= 0.6 is 11.8 Å². The van der Waals surface area contributed by atoms with Gasteiger partial charge in [-0.15, -0.1) is 0 Å². The van der Waals surface area contributed by atoms with Gasteiger partial charge in [0, 0.05) is 33.7 Å². The molecule has 0 unspecified atom stereocenters. The third-order valence-electron chi connectivity index (χ3n) is 4.67. The fourth-order valence-electron chi connectivity index (χ4n) is 3.30. The van der Waals surface area contributed by atoms with Gasteiger partial charge in [0.15, 0.2) is 5.03 Å². The summed E-state index contributed by atoms with van der Waals surface area (Å²) in [6, 6.07) is 18.8. The van der Waals surface area contributed by atoms with Gasteiger partial charge in [-0.3, -0.25) is 20.1 Å². The molecule has 5 rings (SSSR count). The van der Waals surface area contributed by atoms with E-state index in [0.29, 0.717) is 5.69 Å². The largest absolute Gasteiger partial charge is 0.343 e. The van der Waals surface area contributed by atoms with E-state index in [4.69, 9.17) is 0 Å². The minimum Gasteiger partial charge on any atom is -0.334 e. The van der Waals surface area contributed by atoms with E-state index in [-0.39, 0.29) is 16.5 Å².